The van der Waals surface area contributed by atoms with Gasteiger partial charge in [0, 0.05) is 0 Å². The minimum Gasteiger partial charge on any atom is -0.506 e. The third kappa shape index (κ3) is 1.76. The fraction of sp³-hybridized carbons (Fsp3) is 0. The normalized spacial score (nSPS) is 10.2. The molecule has 13 heavy (non-hydrogen) atoms. The Kier molecular flexibility index (Phi) is 2.12. The summed E-state index contributed by atoms with van der Waals surface area (Å²) in [5.41, 5.74) is 0.655. The molecule has 66 valence electrons. The molecule has 2 aromatic heterocycles. The Morgan fingerprint density at radius 1 is 1.31 bits per heavy atom. The summed E-state index contributed by atoms with van der Waals surface area (Å²) in [5, 5.41) is 17.1. The lowest BCUT2D eigenvalue weighted by molar-refractivity contribution is 0.473. The lowest BCUT2D eigenvalue weighted by Gasteiger charge is -1.93. The van der Waals surface area contributed by atoms with E-state index in [1.165, 1.54) is 23.6 Å². The Bertz CT molecular complexity index is 414. The van der Waals surface area contributed by atoms with Gasteiger partial charge < -0.3 is 5.11 Å². The number of aromatic hydroxyl groups is 1. The molecule has 2 heterocycles. The summed E-state index contributed by atoms with van der Waals surface area (Å²) in [7, 11) is 0. The molecule has 0 atom stereocenters. The number of hydrogen-bond acceptors (Lipinski definition) is 5. The fourth-order valence-electron chi connectivity index (χ4n) is 0.821. The minimum atomic E-state index is 0.124. The molecule has 1 N–H and O–H groups in total. The van der Waals surface area contributed by atoms with Crippen molar-refractivity contribution in [2.24, 2.45) is 0 Å². The molecule has 0 amide bonds. The predicted molar refractivity (Wildman–Crippen MR) is 49.8 cm³/mol. The van der Waals surface area contributed by atoms with Gasteiger partial charge in [0.05, 0.1) is 6.20 Å². The molecule has 6 heteroatoms. The Morgan fingerprint density at radius 2 is 2.15 bits per heavy atom. The Labute approximate surface area is 82.9 Å². The number of nitrogens with zero attached hydrogens (tertiary/aromatic N) is 3. The monoisotopic (exact) mass is 213 g/mol. The van der Waals surface area contributed by atoms with Crippen molar-refractivity contribution >= 4 is 22.9 Å². The van der Waals surface area contributed by atoms with Crippen molar-refractivity contribution in [2.75, 3.05) is 0 Å². The average Bonchev–Trinajstić information content (AvgIpc) is 2.53. The standard InChI is InChI=1S/C7H4ClN3OS/c8-7-11-10-6(13-7)5-2-1-4(12)3-9-5/h1-3,12H. The van der Waals surface area contributed by atoms with Gasteiger partial charge in [-0.3, -0.25) is 0 Å². The number of aromatic nitrogens is 3. The van der Waals surface area contributed by atoms with Gasteiger partial charge in [-0.1, -0.05) is 11.3 Å². The molecule has 0 saturated carbocycles. The maximum absolute atomic E-state index is 8.99. The van der Waals surface area contributed by atoms with Gasteiger partial charge >= 0.3 is 0 Å². The van der Waals surface area contributed by atoms with Gasteiger partial charge in [0.25, 0.3) is 0 Å². The largest absolute Gasteiger partial charge is 0.506 e. The molecule has 2 aromatic rings. The molecule has 4 nitrogen and oxygen atoms in total. The summed E-state index contributed by atoms with van der Waals surface area (Å²) in [6.07, 6.45) is 1.35. The number of hydrogen-bond donors (Lipinski definition) is 1. The van der Waals surface area contributed by atoms with Crippen LogP contribution in [0.5, 0.6) is 5.75 Å². The van der Waals surface area contributed by atoms with Gasteiger partial charge in [-0.15, -0.1) is 10.2 Å². The van der Waals surface area contributed by atoms with Gasteiger partial charge in [-0.2, -0.15) is 0 Å². The quantitative estimate of drug-likeness (QED) is 0.787. The lowest BCUT2D eigenvalue weighted by atomic mass is 10.3. The minimum absolute atomic E-state index is 0.124. The van der Waals surface area contributed by atoms with E-state index < -0.39 is 0 Å². The van der Waals surface area contributed by atoms with E-state index in [4.69, 9.17) is 16.7 Å². The molecule has 0 aromatic carbocycles. The molecule has 0 aliphatic rings. The first kappa shape index (κ1) is 8.40. The van der Waals surface area contributed by atoms with E-state index in [1.54, 1.807) is 6.07 Å². The van der Waals surface area contributed by atoms with E-state index in [1.807, 2.05) is 0 Å². The van der Waals surface area contributed by atoms with Crippen molar-refractivity contribution in [1.82, 2.24) is 15.2 Å². The zero-order valence-corrected chi connectivity index (χ0v) is 7.88. The van der Waals surface area contributed by atoms with Crippen molar-refractivity contribution in [1.29, 1.82) is 0 Å². The average molecular weight is 214 g/mol. The highest BCUT2D eigenvalue weighted by atomic mass is 35.5. The summed E-state index contributed by atoms with van der Waals surface area (Å²) in [4.78, 5) is 3.96. The zero-order chi connectivity index (χ0) is 9.26. The first-order chi connectivity index (χ1) is 6.25. The number of rotatable bonds is 1. The summed E-state index contributed by atoms with van der Waals surface area (Å²) >= 11 is 6.86. The van der Waals surface area contributed by atoms with Crippen LogP contribution in [0.15, 0.2) is 18.3 Å². The van der Waals surface area contributed by atoms with Gasteiger partial charge in [0.15, 0.2) is 5.01 Å². The molecule has 0 aliphatic carbocycles. The summed E-state index contributed by atoms with van der Waals surface area (Å²) in [6.45, 7) is 0. The maximum atomic E-state index is 8.99. The van der Waals surface area contributed by atoms with Crippen LogP contribution in [0.4, 0.5) is 0 Å². The highest BCUT2D eigenvalue weighted by Gasteiger charge is 2.05. The molecule has 0 saturated heterocycles. The van der Waals surface area contributed by atoms with Gasteiger partial charge in [0.2, 0.25) is 4.47 Å². The Balaban J connectivity index is 2.41. The van der Waals surface area contributed by atoms with Crippen LogP contribution in [0.2, 0.25) is 4.47 Å². The van der Waals surface area contributed by atoms with Crippen molar-refractivity contribution in [3.8, 4) is 16.5 Å². The van der Waals surface area contributed by atoms with Crippen LogP contribution in [-0.2, 0) is 0 Å². The van der Waals surface area contributed by atoms with E-state index in [0.29, 0.717) is 15.2 Å². The van der Waals surface area contributed by atoms with E-state index in [-0.39, 0.29) is 5.75 Å². The molecular formula is C7H4ClN3OS. The third-order valence-electron chi connectivity index (χ3n) is 1.37. The molecule has 0 fully saturated rings. The SMILES string of the molecule is Oc1ccc(-c2nnc(Cl)s2)nc1. The Hall–Kier alpha value is -1.20. The summed E-state index contributed by atoms with van der Waals surface area (Å²) in [6, 6.07) is 3.20. The summed E-state index contributed by atoms with van der Waals surface area (Å²) < 4.78 is 0.380. The maximum Gasteiger partial charge on any atom is 0.207 e. The molecule has 2 rings (SSSR count). The summed E-state index contributed by atoms with van der Waals surface area (Å²) in [5.74, 6) is 0.124. The Morgan fingerprint density at radius 3 is 2.69 bits per heavy atom. The molecule has 0 unspecified atom stereocenters. The van der Waals surface area contributed by atoms with Crippen LogP contribution >= 0.6 is 22.9 Å². The predicted octanol–water partition coefficient (Wildman–Crippen LogP) is 1.96. The highest BCUT2D eigenvalue weighted by molar-refractivity contribution is 7.18. The van der Waals surface area contributed by atoms with Crippen LogP contribution < -0.4 is 0 Å². The molecule has 0 aliphatic heterocycles. The van der Waals surface area contributed by atoms with Crippen molar-refractivity contribution in [3.05, 3.63) is 22.8 Å². The van der Waals surface area contributed by atoms with Crippen molar-refractivity contribution in [3.63, 3.8) is 0 Å². The van der Waals surface area contributed by atoms with Crippen LogP contribution in [0.25, 0.3) is 10.7 Å². The van der Waals surface area contributed by atoms with Crippen LogP contribution in [0.3, 0.4) is 0 Å². The second-order valence-electron chi connectivity index (χ2n) is 2.26. The van der Waals surface area contributed by atoms with Crippen LogP contribution in [-0.4, -0.2) is 20.3 Å². The van der Waals surface area contributed by atoms with Gasteiger partial charge in [-0.25, -0.2) is 4.98 Å². The van der Waals surface area contributed by atoms with Gasteiger partial charge in [-0.05, 0) is 23.7 Å². The third-order valence-corrected chi connectivity index (χ3v) is 2.41. The van der Waals surface area contributed by atoms with E-state index >= 15 is 0 Å². The number of pyridine rings is 1. The molecular weight excluding hydrogens is 210 g/mol. The second-order valence-corrected chi connectivity index (χ2v) is 3.82. The van der Waals surface area contributed by atoms with Gasteiger partial charge in [0.1, 0.15) is 11.4 Å². The first-order valence-electron chi connectivity index (χ1n) is 3.40. The smallest absolute Gasteiger partial charge is 0.207 e. The van der Waals surface area contributed by atoms with Crippen molar-refractivity contribution in [2.45, 2.75) is 0 Å². The molecule has 0 bridgehead atoms. The van der Waals surface area contributed by atoms with Crippen molar-refractivity contribution < 1.29 is 5.11 Å². The second kappa shape index (κ2) is 3.27. The fourth-order valence-corrected chi connectivity index (χ4v) is 1.63. The van der Waals surface area contributed by atoms with Crippen LogP contribution in [0.1, 0.15) is 0 Å². The zero-order valence-electron chi connectivity index (χ0n) is 6.31. The highest BCUT2D eigenvalue weighted by Crippen LogP contribution is 2.24. The first-order valence-corrected chi connectivity index (χ1v) is 4.59. The molecule has 0 radical (unpaired) electrons. The lowest BCUT2D eigenvalue weighted by Crippen LogP contribution is -1.80. The molecule has 0 spiro atoms. The van der Waals surface area contributed by atoms with E-state index in [2.05, 4.69) is 15.2 Å². The van der Waals surface area contributed by atoms with E-state index in [9.17, 15) is 0 Å². The topological polar surface area (TPSA) is 58.9 Å². The number of halogens is 1. The van der Waals surface area contributed by atoms with Crippen LogP contribution in [0, 0.1) is 0 Å². The van der Waals surface area contributed by atoms with E-state index in [0.717, 1.165) is 0 Å².